The van der Waals surface area contributed by atoms with Gasteiger partial charge in [0.2, 0.25) is 0 Å². The molecule has 0 aliphatic heterocycles. The summed E-state index contributed by atoms with van der Waals surface area (Å²) < 4.78 is 13.2. The van der Waals surface area contributed by atoms with Crippen LogP contribution in [-0.2, 0) is 0 Å². The first-order valence-corrected chi connectivity index (χ1v) is 4.94. The Bertz CT molecular complexity index is 407. The molecule has 0 radical (unpaired) electrons. The van der Waals surface area contributed by atoms with E-state index >= 15 is 0 Å². The minimum absolute atomic E-state index is 0.0412. The van der Waals surface area contributed by atoms with Gasteiger partial charge in [0.15, 0.2) is 5.78 Å². The van der Waals surface area contributed by atoms with Crippen LogP contribution in [0.2, 0.25) is 5.02 Å². The first-order valence-electron chi connectivity index (χ1n) is 4.57. The molecule has 0 aliphatic carbocycles. The molecule has 0 spiro atoms. The second-order valence-corrected chi connectivity index (χ2v) is 3.54. The number of terminal acetylenes is 1. The van der Waals surface area contributed by atoms with Gasteiger partial charge in [-0.1, -0.05) is 11.6 Å². The highest BCUT2D eigenvalue weighted by Gasteiger charge is 2.11. The zero-order chi connectivity index (χ0) is 11.3. The van der Waals surface area contributed by atoms with E-state index in [2.05, 4.69) is 5.92 Å². The molecule has 0 N–H and O–H groups in total. The topological polar surface area (TPSA) is 17.1 Å². The standard InChI is InChI=1S/C12H10ClFO/c1-2-3-4-5-12(15)10-8-9(13)6-7-11(10)14/h1,6-8H,3-5H2. The molecule has 0 bridgehead atoms. The Balaban J connectivity index is 2.73. The highest BCUT2D eigenvalue weighted by molar-refractivity contribution is 6.31. The number of halogens is 2. The predicted octanol–water partition coefficient (Wildman–Crippen LogP) is 3.47. The molecular weight excluding hydrogens is 215 g/mol. The molecule has 78 valence electrons. The van der Waals surface area contributed by atoms with Crippen molar-refractivity contribution in [1.29, 1.82) is 0 Å². The first-order chi connectivity index (χ1) is 7.15. The van der Waals surface area contributed by atoms with Crippen molar-refractivity contribution in [3.63, 3.8) is 0 Å². The van der Waals surface area contributed by atoms with Crippen LogP contribution in [0.25, 0.3) is 0 Å². The molecule has 0 atom stereocenters. The number of unbranched alkanes of at least 4 members (excludes halogenated alkanes) is 1. The molecule has 0 heterocycles. The number of carbonyl (C=O) groups is 1. The number of ketones is 1. The van der Waals surface area contributed by atoms with E-state index in [1.807, 2.05) is 0 Å². The van der Waals surface area contributed by atoms with E-state index in [1.165, 1.54) is 18.2 Å². The fourth-order valence-corrected chi connectivity index (χ4v) is 1.37. The van der Waals surface area contributed by atoms with E-state index in [0.29, 0.717) is 17.9 Å². The van der Waals surface area contributed by atoms with Crippen LogP contribution in [0.3, 0.4) is 0 Å². The fraction of sp³-hybridized carbons (Fsp3) is 0.250. The number of carbonyl (C=O) groups excluding carboxylic acids is 1. The van der Waals surface area contributed by atoms with Crippen LogP contribution in [0.5, 0.6) is 0 Å². The smallest absolute Gasteiger partial charge is 0.165 e. The Morgan fingerprint density at radius 1 is 1.53 bits per heavy atom. The molecule has 1 nitrogen and oxygen atoms in total. The van der Waals surface area contributed by atoms with Crippen LogP contribution in [0.15, 0.2) is 18.2 Å². The third kappa shape index (κ3) is 3.38. The van der Waals surface area contributed by atoms with Gasteiger partial charge in [0, 0.05) is 17.9 Å². The summed E-state index contributed by atoms with van der Waals surface area (Å²) in [5.41, 5.74) is 0.0412. The quantitative estimate of drug-likeness (QED) is 0.435. The zero-order valence-electron chi connectivity index (χ0n) is 8.09. The third-order valence-corrected chi connectivity index (χ3v) is 2.19. The van der Waals surface area contributed by atoms with Crippen LogP contribution in [0.4, 0.5) is 4.39 Å². The summed E-state index contributed by atoms with van der Waals surface area (Å²) in [5.74, 6) is 1.63. The maximum Gasteiger partial charge on any atom is 0.165 e. The Labute approximate surface area is 93.3 Å². The monoisotopic (exact) mass is 224 g/mol. The summed E-state index contributed by atoms with van der Waals surface area (Å²) in [6.07, 6.45) is 6.39. The van der Waals surface area contributed by atoms with E-state index in [9.17, 15) is 9.18 Å². The first kappa shape index (κ1) is 11.7. The third-order valence-electron chi connectivity index (χ3n) is 1.95. The summed E-state index contributed by atoms with van der Waals surface area (Å²) in [4.78, 5) is 11.5. The molecule has 15 heavy (non-hydrogen) atoms. The summed E-state index contributed by atoms with van der Waals surface area (Å²) in [7, 11) is 0. The molecule has 0 amide bonds. The average Bonchev–Trinajstić information content (AvgIpc) is 2.22. The maximum atomic E-state index is 13.2. The molecule has 0 saturated heterocycles. The number of hydrogen-bond acceptors (Lipinski definition) is 1. The van der Waals surface area contributed by atoms with Crippen molar-refractivity contribution in [1.82, 2.24) is 0 Å². The van der Waals surface area contributed by atoms with Crippen LogP contribution in [0.1, 0.15) is 29.6 Å². The van der Waals surface area contributed by atoms with Gasteiger partial charge < -0.3 is 0 Å². The lowest BCUT2D eigenvalue weighted by atomic mass is 10.1. The van der Waals surface area contributed by atoms with Crippen molar-refractivity contribution in [3.05, 3.63) is 34.6 Å². The van der Waals surface area contributed by atoms with Gasteiger partial charge in [0.25, 0.3) is 0 Å². The van der Waals surface area contributed by atoms with Gasteiger partial charge in [-0.2, -0.15) is 0 Å². The minimum Gasteiger partial charge on any atom is -0.294 e. The van der Waals surface area contributed by atoms with E-state index in [4.69, 9.17) is 18.0 Å². The molecule has 0 aromatic heterocycles. The molecule has 1 aromatic carbocycles. The summed E-state index contributed by atoms with van der Waals surface area (Å²) in [6.45, 7) is 0. The van der Waals surface area contributed by atoms with Gasteiger partial charge in [0.1, 0.15) is 5.82 Å². The van der Waals surface area contributed by atoms with Gasteiger partial charge >= 0.3 is 0 Å². The Morgan fingerprint density at radius 3 is 2.93 bits per heavy atom. The zero-order valence-corrected chi connectivity index (χ0v) is 8.85. The lowest BCUT2D eigenvalue weighted by molar-refractivity contribution is 0.0976. The number of Topliss-reactive ketones (excluding diaryl/α,β-unsaturated/α-hetero) is 1. The normalized spacial score (nSPS) is 9.67. The van der Waals surface area contributed by atoms with Gasteiger partial charge in [-0.05, 0) is 24.6 Å². The second-order valence-electron chi connectivity index (χ2n) is 3.11. The van der Waals surface area contributed by atoms with Crippen LogP contribution in [0, 0.1) is 18.2 Å². The van der Waals surface area contributed by atoms with Crippen LogP contribution < -0.4 is 0 Å². The van der Waals surface area contributed by atoms with Crippen molar-refractivity contribution in [2.75, 3.05) is 0 Å². The van der Waals surface area contributed by atoms with Crippen molar-refractivity contribution in [2.45, 2.75) is 19.3 Å². The van der Waals surface area contributed by atoms with E-state index < -0.39 is 5.82 Å². The van der Waals surface area contributed by atoms with Gasteiger partial charge in [-0.15, -0.1) is 12.3 Å². The molecular formula is C12H10ClFO. The van der Waals surface area contributed by atoms with Crippen molar-refractivity contribution in [3.8, 4) is 12.3 Å². The maximum absolute atomic E-state index is 13.2. The Kier molecular flexibility index (Phi) is 4.33. The molecule has 0 unspecified atom stereocenters. The van der Waals surface area contributed by atoms with Gasteiger partial charge in [-0.25, -0.2) is 4.39 Å². The lowest BCUT2D eigenvalue weighted by Gasteiger charge is -2.01. The minimum atomic E-state index is -0.537. The largest absolute Gasteiger partial charge is 0.294 e. The average molecular weight is 225 g/mol. The summed E-state index contributed by atoms with van der Waals surface area (Å²) >= 11 is 5.67. The van der Waals surface area contributed by atoms with Crippen molar-refractivity contribution >= 4 is 17.4 Å². The van der Waals surface area contributed by atoms with Gasteiger partial charge in [0.05, 0.1) is 5.56 Å². The molecule has 0 saturated carbocycles. The molecule has 3 heteroatoms. The predicted molar refractivity (Wildman–Crippen MR) is 58.4 cm³/mol. The van der Waals surface area contributed by atoms with E-state index in [-0.39, 0.29) is 17.8 Å². The van der Waals surface area contributed by atoms with Crippen molar-refractivity contribution < 1.29 is 9.18 Å². The SMILES string of the molecule is C#CCCCC(=O)c1cc(Cl)ccc1F. The molecule has 0 aliphatic rings. The summed E-state index contributed by atoms with van der Waals surface area (Å²) in [5, 5.41) is 0.358. The number of rotatable bonds is 4. The fourth-order valence-electron chi connectivity index (χ4n) is 1.20. The lowest BCUT2D eigenvalue weighted by Crippen LogP contribution is -2.02. The highest BCUT2D eigenvalue weighted by atomic mass is 35.5. The number of hydrogen-bond donors (Lipinski definition) is 0. The molecule has 0 fully saturated rings. The van der Waals surface area contributed by atoms with E-state index in [0.717, 1.165) is 0 Å². The van der Waals surface area contributed by atoms with Crippen LogP contribution >= 0.6 is 11.6 Å². The van der Waals surface area contributed by atoms with Crippen molar-refractivity contribution in [2.24, 2.45) is 0 Å². The highest BCUT2D eigenvalue weighted by Crippen LogP contribution is 2.17. The number of benzene rings is 1. The molecule has 1 rings (SSSR count). The second kappa shape index (κ2) is 5.53. The summed E-state index contributed by atoms with van der Waals surface area (Å²) in [6, 6.07) is 3.95. The molecule has 1 aromatic rings. The van der Waals surface area contributed by atoms with E-state index in [1.54, 1.807) is 0 Å². The Morgan fingerprint density at radius 2 is 2.27 bits per heavy atom. The van der Waals surface area contributed by atoms with Crippen LogP contribution in [-0.4, -0.2) is 5.78 Å². The Hall–Kier alpha value is -1.33. The van der Waals surface area contributed by atoms with Gasteiger partial charge in [-0.3, -0.25) is 4.79 Å².